The predicted molar refractivity (Wildman–Crippen MR) is 86.6 cm³/mol. The molecule has 3 rings (SSSR count). The van der Waals surface area contributed by atoms with Crippen LogP contribution in [0.5, 0.6) is 0 Å². The first-order valence-corrected chi connectivity index (χ1v) is 8.02. The van der Waals surface area contributed by atoms with Crippen LogP contribution in [0.3, 0.4) is 0 Å². The smallest absolute Gasteiger partial charge is 0.139 e. The van der Waals surface area contributed by atoms with Crippen LogP contribution < -0.4 is 0 Å². The minimum Gasteiger partial charge on any atom is -0.303 e. The van der Waals surface area contributed by atoms with E-state index >= 15 is 0 Å². The van der Waals surface area contributed by atoms with Gasteiger partial charge in [0.25, 0.3) is 0 Å². The molecular formula is C16H20N4S. The number of rotatable bonds is 5. The minimum absolute atomic E-state index is 0.867. The fourth-order valence-electron chi connectivity index (χ4n) is 2.47. The zero-order valence-electron chi connectivity index (χ0n) is 12.7. The Labute approximate surface area is 129 Å². The van der Waals surface area contributed by atoms with Crippen molar-refractivity contribution in [3.8, 4) is 0 Å². The van der Waals surface area contributed by atoms with Crippen molar-refractivity contribution >= 4 is 17.0 Å². The fraction of sp³-hybridized carbons (Fsp3) is 0.375. The number of thiazole rings is 1. The molecule has 0 spiro atoms. The van der Waals surface area contributed by atoms with Crippen LogP contribution in [0.1, 0.15) is 28.1 Å². The van der Waals surface area contributed by atoms with Gasteiger partial charge >= 0.3 is 0 Å². The van der Waals surface area contributed by atoms with E-state index in [0.717, 1.165) is 25.2 Å². The van der Waals surface area contributed by atoms with Crippen molar-refractivity contribution in [2.24, 2.45) is 0 Å². The Bertz CT molecular complexity index is 744. The van der Waals surface area contributed by atoms with Crippen LogP contribution in [0.4, 0.5) is 0 Å². The fourth-order valence-corrected chi connectivity index (χ4v) is 3.41. The first kappa shape index (κ1) is 14.2. The van der Waals surface area contributed by atoms with Gasteiger partial charge in [0.05, 0.1) is 18.4 Å². The van der Waals surface area contributed by atoms with E-state index in [4.69, 9.17) is 0 Å². The van der Waals surface area contributed by atoms with E-state index < -0.39 is 0 Å². The Balaban J connectivity index is 1.74. The Morgan fingerprint density at radius 1 is 1.24 bits per heavy atom. The molecule has 3 aromatic heterocycles. The quantitative estimate of drug-likeness (QED) is 0.725. The lowest BCUT2D eigenvalue weighted by Crippen LogP contribution is -2.18. The summed E-state index contributed by atoms with van der Waals surface area (Å²) in [5, 5.41) is 1.18. The summed E-state index contributed by atoms with van der Waals surface area (Å²) >= 11 is 1.80. The lowest BCUT2D eigenvalue weighted by atomic mass is 10.3. The first-order chi connectivity index (χ1) is 10.2. The molecule has 0 bridgehead atoms. The van der Waals surface area contributed by atoms with Crippen molar-refractivity contribution < 1.29 is 0 Å². The topological polar surface area (TPSA) is 33.4 Å². The number of aryl methyl sites for hydroxylation is 2. The van der Waals surface area contributed by atoms with Crippen molar-refractivity contribution in [3.05, 3.63) is 51.9 Å². The molecule has 0 amide bonds. The molecule has 110 valence electrons. The maximum atomic E-state index is 4.52. The molecule has 0 aliphatic rings. The first-order valence-electron chi connectivity index (χ1n) is 7.21. The van der Waals surface area contributed by atoms with Crippen molar-refractivity contribution in [1.82, 2.24) is 19.3 Å². The van der Waals surface area contributed by atoms with Crippen LogP contribution in [-0.4, -0.2) is 26.3 Å². The number of hydrogen-bond acceptors (Lipinski definition) is 4. The summed E-state index contributed by atoms with van der Waals surface area (Å²) < 4.78 is 2.17. The molecular weight excluding hydrogens is 280 g/mol. The monoisotopic (exact) mass is 300 g/mol. The molecule has 3 aromatic rings. The summed E-state index contributed by atoms with van der Waals surface area (Å²) in [6.45, 7) is 6.01. The van der Waals surface area contributed by atoms with Crippen LogP contribution in [0.25, 0.3) is 5.65 Å². The summed E-state index contributed by atoms with van der Waals surface area (Å²) in [7, 11) is 2.13. The number of nitrogens with zero attached hydrogens (tertiary/aromatic N) is 4. The van der Waals surface area contributed by atoms with Gasteiger partial charge in [0.15, 0.2) is 0 Å². The molecule has 0 N–H and O–H groups in total. The molecule has 0 saturated heterocycles. The largest absolute Gasteiger partial charge is 0.303 e. The minimum atomic E-state index is 0.867. The van der Waals surface area contributed by atoms with E-state index in [1.54, 1.807) is 11.3 Å². The second kappa shape index (κ2) is 5.95. The van der Waals surface area contributed by atoms with Crippen molar-refractivity contribution in [3.63, 3.8) is 0 Å². The van der Waals surface area contributed by atoms with Gasteiger partial charge in [-0.1, -0.05) is 13.0 Å². The lowest BCUT2D eigenvalue weighted by molar-refractivity contribution is 0.313. The number of imidazole rings is 1. The summed E-state index contributed by atoms with van der Waals surface area (Å²) in [4.78, 5) is 12.6. The molecule has 4 nitrogen and oxygen atoms in total. The van der Waals surface area contributed by atoms with Gasteiger partial charge in [0.1, 0.15) is 10.7 Å². The number of fused-ring (bicyclic) bond motifs is 1. The Morgan fingerprint density at radius 2 is 2.10 bits per heavy atom. The second-order valence-corrected chi connectivity index (χ2v) is 6.58. The van der Waals surface area contributed by atoms with Crippen LogP contribution in [-0.2, 0) is 19.5 Å². The highest BCUT2D eigenvalue weighted by atomic mass is 32.1. The van der Waals surface area contributed by atoms with E-state index in [1.807, 2.05) is 12.4 Å². The molecule has 0 aromatic carbocycles. The zero-order chi connectivity index (χ0) is 14.8. The Morgan fingerprint density at radius 3 is 2.86 bits per heavy atom. The van der Waals surface area contributed by atoms with Gasteiger partial charge in [-0.25, -0.2) is 9.97 Å². The van der Waals surface area contributed by atoms with Crippen LogP contribution in [0, 0.1) is 6.92 Å². The third kappa shape index (κ3) is 2.99. The zero-order valence-corrected chi connectivity index (χ0v) is 13.5. The van der Waals surface area contributed by atoms with E-state index in [0.29, 0.717) is 0 Å². The number of pyridine rings is 1. The van der Waals surface area contributed by atoms with Crippen LogP contribution in [0.15, 0.2) is 30.7 Å². The second-order valence-electron chi connectivity index (χ2n) is 5.38. The van der Waals surface area contributed by atoms with Gasteiger partial charge in [0.2, 0.25) is 0 Å². The van der Waals surface area contributed by atoms with E-state index in [1.165, 1.54) is 21.1 Å². The highest BCUT2D eigenvalue weighted by molar-refractivity contribution is 7.11. The van der Waals surface area contributed by atoms with Gasteiger partial charge in [-0.2, -0.15) is 0 Å². The van der Waals surface area contributed by atoms with E-state index in [9.17, 15) is 0 Å². The molecule has 0 unspecified atom stereocenters. The van der Waals surface area contributed by atoms with Crippen molar-refractivity contribution in [2.45, 2.75) is 33.4 Å². The molecule has 21 heavy (non-hydrogen) atoms. The van der Waals surface area contributed by atoms with E-state index in [-0.39, 0.29) is 0 Å². The molecule has 5 heteroatoms. The SMILES string of the molecule is CCc1cnc(CN(C)Cc2cnc3c(C)cccn23)s1. The molecule has 0 aliphatic carbocycles. The molecule has 0 fully saturated rings. The highest BCUT2D eigenvalue weighted by Gasteiger charge is 2.09. The number of aromatic nitrogens is 3. The lowest BCUT2D eigenvalue weighted by Gasteiger charge is -2.14. The third-order valence-corrected chi connectivity index (χ3v) is 4.72. The van der Waals surface area contributed by atoms with Crippen LogP contribution >= 0.6 is 11.3 Å². The average Bonchev–Trinajstić information content (AvgIpc) is 3.07. The normalized spacial score (nSPS) is 11.6. The van der Waals surface area contributed by atoms with Crippen LogP contribution in [0.2, 0.25) is 0 Å². The van der Waals surface area contributed by atoms with Gasteiger partial charge < -0.3 is 4.40 Å². The summed E-state index contributed by atoms with van der Waals surface area (Å²) in [5.74, 6) is 0. The third-order valence-electron chi connectivity index (χ3n) is 3.59. The van der Waals surface area contributed by atoms with E-state index in [2.05, 4.69) is 58.5 Å². The predicted octanol–water partition coefficient (Wildman–Crippen LogP) is 3.29. The molecule has 0 saturated carbocycles. The standard InChI is InChI=1S/C16H20N4S/c1-4-14-9-17-15(21-14)11-19(3)10-13-8-18-16-12(2)6-5-7-20(13)16/h5-9H,4,10-11H2,1-3H3. The van der Waals surface area contributed by atoms with Gasteiger partial charge in [0, 0.05) is 23.8 Å². The molecule has 0 aliphatic heterocycles. The summed E-state index contributed by atoms with van der Waals surface area (Å²) in [6, 6.07) is 4.17. The number of hydrogen-bond donors (Lipinski definition) is 0. The summed E-state index contributed by atoms with van der Waals surface area (Å²) in [6.07, 6.45) is 7.11. The highest BCUT2D eigenvalue weighted by Crippen LogP contribution is 2.17. The molecule has 3 heterocycles. The molecule has 0 radical (unpaired) electrons. The Kier molecular flexibility index (Phi) is 4.03. The van der Waals surface area contributed by atoms with Gasteiger partial charge in [-0.15, -0.1) is 11.3 Å². The van der Waals surface area contributed by atoms with Crippen molar-refractivity contribution in [1.29, 1.82) is 0 Å². The average molecular weight is 300 g/mol. The maximum absolute atomic E-state index is 4.52. The Hall–Kier alpha value is -1.72. The van der Waals surface area contributed by atoms with Crippen molar-refractivity contribution in [2.75, 3.05) is 7.05 Å². The summed E-state index contributed by atoms with van der Waals surface area (Å²) in [5.41, 5.74) is 3.46. The van der Waals surface area contributed by atoms with Gasteiger partial charge in [-0.05, 0) is 32.0 Å². The van der Waals surface area contributed by atoms with Gasteiger partial charge in [-0.3, -0.25) is 4.90 Å². The maximum Gasteiger partial charge on any atom is 0.139 e. The molecule has 0 atom stereocenters.